The Labute approximate surface area is 315 Å². The molecular weight excluding hydrogens is 681 g/mol. The predicted octanol–water partition coefficient (Wildman–Crippen LogP) is 5.88. The van der Waals surface area contributed by atoms with Gasteiger partial charge in [-0.2, -0.15) is 8.42 Å². The van der Waals surface area contributed by atoms with Crippen molar-refractivity contribution in [1.29, 1.82) is 0 Å². The third kappa shape index (κ3) is 9.91. The first-order chi connectivity index (χ1) is 24.5. The van der Waals surface area contributed by atoms with Crippen LogP contribution in [0.3, 0.4) is 0 Å². The topological polar surface area (TPSA) is 169 Å². The average Bonchev–Trinajstić information content (AvgIpc) is 3.34. The van der Waals surface area contributed by atoms with Crippen LogP contribution in [-0.4, -0.2) is 76.3 Å². The van der Waals surface area contributed by atoms with Crippen molar-refractivity contribution in [1.82, 2.24) is 16.0 Å². The summed E-state index contributed by atoms with van der Waals surface area (Å²) in [5.41, 5.74) is 5.40. The van der Waals surface area contributed by atoms with Crippen LogP contribution in [0.25, 0.3) is 0 Å². The molecule has 11 atom stereocenters. The molecule has 4 fully saturated rings. The van der Waals surface area contributed by atoms with Crippen molar-refractivity contribution in [2.24, 2.45) is 63.4 Å². The Bertz CT molecular complexity index is 1280. The van der Waals surface area contributed by atoms with Crippen LogP contribution in [0.2, 0.25) is 0 Å². The smallest absolute Gasteiger partial charge is 0.397 e. The van der Waals surface area contributed by atoms with Crippen LogP contribution in [0.1, 0.15) is 132 Å². The number of amides is 1. The Morgan fingerprint density at radius 1 is 0.846 bits per heavy atom. The summed E-state index contributed by atoms with van der Waals surface area (Å²) in [6.07, 6.45) is 11.1. The average molecular weight is 755 g/mol. The monoisotopic (exact) mass is 755 g/mol. The number of hydrogen-bond acceptors (Lipinski definition) is 9. The summed E-state index contributed by atoms with van der Waals surface area (Å²) in [5, 5.41) is 10.2. The van der Waals surface area contributed by atoms with Gasteiger partial charge in [0, 0.05) is 25.3 Å². The zero-order valence-corrected chi connectivity index (χ0v) is 34.3. The quantitative estimate of drug-likeness (QED) is 0.0575. The van der Waals surface area contributed by atoms with Gasteiger partial charge in [-0.25, -0.2) is 4.18 Å². The predicted molar refractivity (Wildman–Crippen MR) is 206 cm³/mol. The molecule has 4 saturated carbocycles. The number of esters is 1. The van der Waals surface area contributed by atoms with Gasteiger partial charge in [0.2, 0.25) is 5.91 Å². The Kier molecular flexibility index (Phi) is 15.5. The van der Waals surface area contributed by atoms with Gasteiger partial charge in [-0.05, 0) is 149 Å². The van der Waals surface area contributed by atoms with E-state index in [2.05, 4.69) is 57.5 Å². The Hall–Kier alpha value is -1.31. The zero-order chi connectivity index (χ0) is 38.3. The molecule has 0 saturated heterocycles. The fraction of sp³-hybridized carbons (Fsp3) is 0.950. The Morgan fingerprint density at radius 2 is 1.50 bits per heavy atom. The van der Waals surface area contributed by atoms with E-state index in [0.717, 1.165) is 103 Å². The molecule has 1 amide bonds. The number of ether oxygens (including phenoxy) is 1. The van der Waals surface area contributed by atoms with Gasteiger partial charge in [0.25, 0.3) is 0 Å². The minimum atomic E-state index is -4.52. The zero-order valence-electron chi connectivity index (χ0n) is 33.5. The minimum Gasteiger partial charge on any atom is -0.462 e. The first-order valence-corrected chi connectivity index (χ1v) is 22.1. The first kappa shape index (κ1) is 43.4. The highest BCUT2D eigenvalue weighted by molar-refractivity contribution is 7.80. The van der Waals surface area contributed by atoms with Crippen LogP contribution in [0.4, 0.5) is 0 Å². The number of nitrogens with one attached hydrogen (secondary N) is 3. The molecule has 52 heavy (non-hydrogen) atoms. The lowest BCUT2D eigenvalue weighted by Gasteiger charge is -2.68. The van der Waals surface area contributed by atoms with Gasteiger partial charge >= 0.3 is 16.4 Å². The van der Waals surface area contributed by atoms with Crippen LogP contribution in [-0.2, 0) is 28.9 Å². The van der Waals surface area contributed by atoms with Gasteiger partial charge in [0.15, 0.2) is 0 Å². The second-order valence-corrected chi connectivity index (χ2v) is 19.2. The molecule has 6 N–H and O–H groups in total. The summed E-state index contributed by atoms with van der Waals surface area (Å²) < 4.78 is 44.3. The summed E-state index contributed by atoms with van der Waals surface area (Å²) in [6, 6.07) is 0. The number of nitrogens with two attached hydrogens (primary N) is 1. The second-order valence-electron chi connectivity index (χ2n) is 18.2. The van der Waals surface area contributed by atoms with E-state index in [1.54, 1.807) is 0 Å². The van der Waals surface area contributed by atoms with Gasteiger partial charge in [-0.3, -0.25) is 14.1 Å². The van der Waals surface area contributed by atoms with E-state index >= 15 is 0 Å². The third-order valence-electron chi connectivity index (χ3n) is 14.7. The van der Waals surface area contributed by atoms with Crippen molar-refractivity contribution in [2.75, 3.05) is 39.3 Å². The molecule has 0 aromatic carbocycles. The van der Waals surface area contributed by atoms with E-state index in [1.807, 2.05) is 0 Å². The van der Waals surface area contributed by atoms with Crippen molar-refractivity contribution >= 4 is 22.3 Å². The molecule has 0 spiro atoms. The highest BCUT2D eigenvalue weighted by Gasteiger charge is 2.70. The maximum Gasteiger partial charge on any atom is 0.397 e. The Balaban J connectivity index is 1.50. The maximum absolute atomic E-state index is 14.3. The van der Waals surface area contributed by atoms with Gasteiger partial charge in [0.05, 0.1) is 6.10 Å². The van der Waals surface area contributed by atoms with E-state index < -0.39 is 16.5 Å². The van der Waals surface area contributed by atoms with Gasteiger partial charge < -0.3 is 26.4 Å². The minimum absolute atomic E-state index is 0.00242. The summed E-state index contributed by atoms with van der Waals surface area (Å²) >= 11 is 0. The normalized spacial score (nSPS) is 36.5. The van der Waals surface area contributed by atoms with E-state index in [9.17, 15) is 22.6 Å². The maximum atomic E-state index is 14.3. The molecule has 0 heterocycles. The summed E-state index contributed by atoms with van der Waals surface area (Å²) in [7, 11) is -4.52. The fourth-order valence-electron chi connectivity index (χ4n) is 12.2. The third-order valence-corrected chi connectivity index (χ3v) is 15.2. The van der Waals surface area contributed by atoms with Gasteiger partial charge in [-0.15, -0.1) is 0 Å². The highest BCUT2D eigenvalue weighted by atomic mass is 32.3. The summed E-state index contributed by atoms with van der Waals surface area (Å²) in [4.78, 5) is 27.0. The molecule has 0 aromatic heterocycles. The SMILES string of the molecule is CC(=O)O[C@H]1C[C@@]2(C)C(CCC3[C@@]4(C)CC[C@@H](OS(=O)(=O)O)[C@@H](C)C4CC[C@@]32C)[C@@H]1[C@H](CCCC(C)C)C(=O)NCCCNCCCNCCCN. The molecule has 12 heteroatoms. The molecule has 0 aliphatic heterocycles. The molecule has 0 bridgehead atoms. The molecule has 4 aliphatic rings. The van der Waals surface area contributed by atoms with Crippen LogP contribution < -0.4 is 21.7 Å². The summed E-state index contributed by atoms with van der Waals surface area (Å²) in [5.74, 6) is 1.08. The summed E-state index contributed by atoms with van der Waals surface area (Å²) in [6.45, 7) is 20.4. The standard InChI is InChI=1S/C40H74N4O7S/c1-27(2)12-8-13-30(37(46)44-25-11-24-43-23-10-22-42-21-9-20-41)36-32-14-15-35-38(5)18-17-33(51-52(47,48)49)28(3)31(38)16-19-39(35,6)40(32,7)26-34(36)50-29(4)45/h27-28,30-36,42-43H,8-26,41H2,1-7H3,(H,44,46)(H,47,48,49)/t28-,30-,31?,32?,33+,34-,35?,36-,38-,39-,40-/m0/s1. The van der Waals surface area contributed by atoms with Crippen molar-refractivity contribution < 1.29 is 31.5 Å². The van der Waals surface area contributed by atoms with Crippen LogP contribution in [0, 0.1) is 57.7 Å². The highest BCUT2D eigenvalue weighted by Crippen LogP contribution is 2.75. The van der Waals surface area contributed by atoms with Crippen LogP contribution in [0.5, 0.6) is 0 Å². The van der Waals surface area contributed by atoms with E-state index in [0.29, 0.717) is 31.3 Å². The van der Waals surface area contributed by atoms with E-state index in [4.69, 9.17) is 14.7 Å². The van der Waals surface area contributed by atoms with E-state index in [1.165, 1.54) is 6.92 Å². The van der Waals surface area contributed by atoms with Gasteiger partial charge in [-0.1, -0.05) is 54.4 Å². The number of carbonyl (C=O) groups excluding carboxylic acids is 2. The molecule has 3 unspecified atom stereocenters. The molecule has 0 aromatic rings. The lowest BCUT2D eigenvalue weighted by molar-refractivity contribution is -0.201. The van der Waals surface area contributed by atoms with Crippen LogP contribution >= 0.6 is 0 Å². The van der Waals surface area contributed by atoms with Crippen molar-refractivity contribution in [3.05, 3.63) is 0 Å². The van der Waals surface area contributed by atoms with Crippen molar-refractivity contribution in [3.8, 4) is 0 Å². The molecule has 4 aliphatic carbocycles. The molecule has 0 radical (unpaired) electrons. The van der Waals surface area contributed by atoms with Crippen molar-refractivity contribution in [2.45, 2.75) is 144 Å². The number of hydrogen-bond donors (Lipinski definition) is 5. The second kappa shape index (κ2) is 18.5. The van der Waals surface area contributed by atoms with Crippen molar-refractivity contribution in [3.63, 3.8) is 0 Å². The van der Waals surface area contributed by atoms with Gasteiger partial charge in [0.1, 0.15) is 6.10 Å². The van der Waals surface area contributed by atoms with Crippen LogP contribution in [0.15, 0.2) is 0 Å². The number of rotatable bonds is 20. The molecule has 4 rings (SSSR count). The van der Waals surface area contributed by atoms with E-state index in [-0.39, 0.29) is 63.8 Å². The first-order valence-electron chi connectivity index (χ1n) is 20.7. The number of fused-ring (bicyclic) bond motifs is 5. The fourth-order valence-corrected chi connectivity index (χ4v) is 12.7. The molecule has 11 nitrogen and oxygen atoms in total. The lowest BCUT2D eigenvalue weighted by Crippen LogP contribution is -2.62. The Morgan fingerprint density at radius 3 is 2.12 bits per heavy atom. The molecular formula is C40H74N4O7S. The largest absolute Gasteiger partial charge is 0.462 e. The molecule has 302 valence electrons. The lowest BCUT2D eigenvalue weighted by atomic mass is 9.37. The number of carbonyl (C=O) groups is 2.